The monoisotopic (exact) mass is 558 g/mol. The van der Waals surface area contributed by atoms with Crippen LogP contribution >= 0.6 is 8.53 Å². The molecule has 0 spiro atoms. The van der Waals surface area contributed by atoms with Gasteiger partial charge in [-0.3, -0.25) is 19.3 Å². The van der Waals surface area contributed by atoms with Gasteiger partial charge in [-0.15, -0.1) is 0 Å². The van der Waals surface area contributed by atoms with Gasteiger partial charge in [0.25, 0.3) is 20.3 Å². The Morgan fingerprint density at radius 1 is 1.08 bits per heavy atom. The molecule has 9 nitrogen and oxygen atoms in total. The van der Waals surface area contributed by atoms with E-state index in [4.69, 9.17) is 14.3 Å². The third kappa shape index (κ3) is 7.85. The highest BCUT2D eigenvalue weighted by molar-refractivity contribution is 7.44. The standard InChI is InChI=1S/C29H43N4O5P/c1-6-23-19-31(20-26(23)38-39(37-18-12-16-30)33(21(2)3)22(4)5)27(34)15-8-7-11-17-32-28(35)24-13-9-10-14-25(24)29(32)36/h9-10,13-14,21-23,26H,6-8,11-12,15,17-20H2,1-5H3. The summed E-state index contributed by atoms with van der Waals surface area (Å²) in [5.41, 5.74) is 0.941. The fourth-order valence-electron chi connectivity index (χ4n) is 5.29. The predicted molar refractivity (Wildman–Crippen MR) is 151 cm³/mol. The summed E-state index contributed by atoms with van der Waals surface area (Å²) in [6.07, 6.45) is 3.68. The van der Waals surface area contributed by atoms with Crippen LogP contribution in [0, 0.1) is 17.2 Å². The topological polar surface area (TPSA) is 103 Å². The maximum Gasteiger partial charge on any atom is 0.261 e. The second-order valence-corrected chi connectivity index (χ2v) is 12.2. The summed E-state index contributed by atoms with van der Waals surface area (Å²) in [6.45, 7) is 12.5. The van der Waals surface area contributed by atoms with E-state index in [0.29, 0.717) is 63.1 Å². The molecule has 39 heavy (non-hydrogen) atoms. The molecule has 1 aromatic rings. The Hall–Kier alpha value is -2.37. The molecule has 0 bridgehead atoms. The molecule has 0 saturated carbocycles. The molecule has 214 valence electrons. The maximum atomic E-state index is 13.1. The number of benzene rings is 1. The lowest BCUT2D eigenvalue weighted by atomic mass is 10.0. The van der Waals surface area contributed by atoms with Crippen molar-refractivity contribution in [2.75, 3.05) is 26.2 Å². The van der Waals surface area contributed by atoms with Crippen molar-refractivity contribution < 1.29 is 23.4 Å². The van der Waals surface area contributed by atoms with Crippen LogP contribution in [0.1, 0.15) is 93.9 Å². The van der Waals surface area contributed by atoms with E-state index >= 15 is 0 Å². The lowest BCUT2D eigenvalue weighted by molar-refractivity contribution is -0.130. The first kappa shape index (κ1) is 31.2. The molecule has 3 unspecified atom stereocenters. The number of nitrogens with zero attached hydrogens (tertiary/aromatic N) is 4. The number of nitriles is 1. The Morgan fingerprint density at radius 2 is 1.72 bits per heavy atom. The van der Waals surface area contributed by atoms with Crippen LogP contribution in [0.4, 0.5) is 0 Å². The number of hydrogen-bond acceptors (Lipinski definition) is 7. The van der Waals surface area contributed by atoms with Crippen LogP contribution in [0.15, 0.2) is 24.3 Å². The minimum Gasteiger partial charge on any atom is -0.340 e. The summed E-state index contributed by atoms with van der Waals surface area (Å²) < 4.78 is 14.9. The Balaban J connectivity index is 1.48. The fourth-order valence-corrected chi connectivity index (χ4v) is 7.07. The molecule has 2 aliphatic rings. The van der Waals surface area contributed by atoms with E-state index in [9.17, 15) is 14.4 Å². The normalized spacial score (nSPS) is 19.9. The van der Waals surface area contributed by atoms with Gasteiger partial charge in [0.05, 0.1) is 36.3 Å². The van der Waals surface area contributed by atoms with Crippen molar-refractivity contribution in [2.24, 2.45) is 5.92 Å². The molecule has 1 aromatic carbocycles. The third-order valence-corrected chi connectivity index (χ3v) is 9.45. The van der Waals surface area contributed by atoms with Gasteiger partial charge in [-0.2, -0.15) is 5.26 Å². The second kappa shape index (κ2) is 14.9. The number of carbonyl (C=O) groups excluding carboxylic acids is 3. The van der Waals surface area contributed by atoms with Gasteiger partial charge in [0.15, 0.2) is 0 Å². The van der Waals surface area contributed by atoms with Gasteiger partial charge in [-0.1, -0.05) is 25.5 Å². The van der Waals surface area contributed by atoms with Crippen LogP contribution in [-0.2, 0) is 13.8 Å². The van der Waals surface area contributed by atoms with Crippen molar-refractivity contribution in [1.82, 2.24) is 14.5 Å². The molecule has 0 N–H and O–H groups in total. The van der Waals surface area contributed by atoms with Gasteiger partial charge in [-0.25, -0.2) is 4.67 Å². The molecule has 1 fully saturated rings. The van der Waals surface area contributed by atoms with Gasteiger partial charge in [0.1, 0.15) is 0 Å². The first-order chi connectivity index (χ1) is 18.7. The van der Waals surface area contributed by atoms with Crippen LogP contribution in [0.5, 0.6) is 0 Å². The van der Waals surface area contributed by atoms with E-state index in [-0.39, 0.29) is 41.8 Å². The summed E-state index contributed by atoms with van der Waals surface area (Å²) in [5, 5.41) is 8.96. The molecule has 1 saturated heterocycles. The van der Waals surface area contributed by atoms with Crippen molar-refractivity contribution >= 4 is 26.2 Å². The summed E-state index contributed by atoms with van der Waals surface area (Å²) in [6, 6.07) is 9.49. The summed E-state index contributed by atoms with van der Waals surface area (Å²) in [7, 11) is -1.36. The number of likely N-dealkylation sites (tertiary alicyclic amines) is 1. The van der Waals surface area contributed by atoms with Gasteiger partial charge >= 0.3 is 0 Å². The average Bonchev–Trinajstić information content (AvgIpc) is 3.42. The molecule has 3 amide bonds. The van der Waals surface area contributed by atoms with E-state index in [1.165, 1.54) is 4.90 Å². The Bertz CT molecular complexity index is 1000. The van der Waals surface area contributed by atoms with Crippen molar-refractivity contribution in [3.05, 3.63) is 35.4 Å². The minimum atomic E-state index is -1.36. The highest BCUT2D eigenvalue weighted by atomic mass is 31.2. The quantitative estimate of drug-likeness (QED) is 0.162. The fraction of sp³-hybridized carbons (Fsp3) is 0.655. The number of unbranched alkanes of at least 4 members (excludes halogenated alkanes) is 2. The summed E-state index contributed by atoms with van der Waals surface area (Å²) in [5.74, 6) is -0.121. The van der Waals surface area contributed by atoms with Gasteiger partial charge in [0.2, 0.25) is 5.91 Å². The molecule has 0 radical (unpaired) electrons. The molecule has 10 heteroatoms. The zero-order valence-corrected chi connectivity index (χ0v) is 24.9. The number of amides is 3. The number of imide groups is 1. The molecular weight excluding hydrogens is 515 g/mol. The molecule has 3 atom stereocenters. The molecule has 2 heterocycles. The van der Waals surface area contributed by atoms with E-state index in [0.717, 1.165) is 12.8 Å². The van der Waals surface area contributed by atoms with Crippen molar-refractivity contribution in [1.29, 1.82) is 5.26 Å². The first-order valence-electron chi connectivity index (χ1n) is 14.2. The average molecular weight is 559 g/mol. The second-order valence-electron chi connectivity index (χ2n) is 10.8. The van der Waals surface area contributed by atoms with Crippen molar-refractivity contribution in [3.63, 3.8) is 0 Å². The van der Waals surface area contributed by atoms with Gasteiger partial charge in [-0.05, 0) is 59.1 Å². The smallest absolute Gasteiger partial charge is 0.261 e. The molecule has 0 aromatic heterocycles. The number of carbonyl (C=O) groups is 3. The Morgan fingerprint density at radius 3 is 2.28 bits per heavy atom. The first-order valence-corrected chi connectivity index (χ1v) is 15.3. The van der Waals surface area contributed by atoms with Crippen molar-refractivity contribution in [2.45, 2.75) is 91.3 Å². The zero-order valence-electron chi connectivity index (χ0n) is 24.0. The van der Waals surface area contributed by atoms with Gasteiger partial charge < -0.3 is 13.9 Å². The van der Waals surface area contributed by atoms with E-state index in [2.05, 4.69) is 45.4 Å². The highest BCUT2D eigenvalue weighted by Gasteiger charge is 2.39. The molecule has 0 aliphatic carbocycles. The Kier molecular flexibility index (Phi) is 11.9. The summed E-state index contributed by atoms with van der Waals surface area (Å²) in [4.78, 5) is 41.3. The number of hydrogen-bond donors (Lipinski definition) is 0. The van der Waals surface area contributed by atoms with Crippen molar-refractivity contribution in [3.8, 4) is 6.07 Å². The van der Waals surface area contributed by atoms with E-state index in [1.54, 1.807) is 24.3 Å². The lowest BCUT2D eigenvalue weighted by Crippen LogP contribution is -2.36. The van der Waals surface area contributed by atoms with Crippen LogP contribution < -0.4 is 0 Å². The molecular formula is C29H43N4O5P. The molecule has 3 rings (SSSR count). The number of fused-ring (bicyclic) bond motifs is 1. The van der Waals surface area contributed by atoms with Gasteiger partial charge in [0, 0.05) is 44.1 Å². The Labute approximate surface area is 234 Å². The SMILES string of the molecule is CCC1CN(C(=O)CCCCCN2C(=O)c3ccccc3C2=O)CC1OP(OCCC#N)N(C(C)C)C(C)C. The van der Waals surface area contributed by atoms with Crippen LogP contribution in [0.2, 0.25) is 0 Å². The summed E-state index contributed by atoms with van der Waals surface area (Å²) >= 11 is 0. The predicted octanol–water partition coefficient (Wildman–Crippen LogP) is 5.37. The zero-order chi connectivity index (χ0) is 28.5. The largest absolute Gasteiger partial charge is 0.340 e. The maximum absolute atomic E-state index is 13.1. The lowest BCUT2D eigenvalue weighted by Gasteiger charge is -2.37. The van der Waals surface area contributed by atoms with E-state index in [1.807, 2.05) is 4.90 Å². The third-order valence-electron chi connectivity index (χ3n) is 7.30. The minimum absolute atomic E-state index is 0.110. The van der Waals surface area contributed by atoms with Crippen LogP contribution in [0.25, 0.3) is 0 Å². The van der Waals surface area contributed by atoms with Crippen LogP contribution in [0.3, 0.4) is 0 Å². The number of rotatable bonds is 15. The highest BCUT2D eigenvalue weighted by Crippen LogP contribution is 2.49. The van der Waals surface area contributed by atoms with E-state index < -0.39 is 8.53 Å². The molecule has 2 aliphatic heterocycles. The van der Waals surface area contributed by atoms with Crippen LogP contribution in [-0.4, -0.2) is 76.6 Å².